The maximum absolute atomic E-state index is 5.66. The van der Waals surface area contributed by atoms with E-state index in [1.807, 2.05) is 12.1 Å². The van der Waals surface area contributed by atoms with Crippen LogP contribution in [0, 0.1) is 0 Å². The van der Waals surface area contributed by atoms with E-state index in [0.29, 0.717) is 5.75 Å². The Morgan fingerprint density at radius 1 is 0.960 bits per heavy atom. The molecule has 2 N–H and O–H groups in total. The lowest BCUT2D eigenvalue weighted by molar-refractivity contribution is 0.360. The highest BCUT2D eigenvalue weighted by molar-refractivity contribution is 5.85. The quantitative estimate of drug-likeness (QED) is 0.765. The molecule has 0 fully saturated rings. The molecule has 2 aromatic carbocycles. The highest BCUT2D eigenvalue weighted by Crippen LogP contribution is 2.43. The Morgan fingerprint density at radius 2 is 1.68 bits per heavy atom. The smallest absolute Gasteiger partial charge is 0.131 e. The largest absolute Gasteiger partial charge is 0.496 e. The van der Waals surface area contributed by atoms with Gasteiger partial charge in [-0.25, -0.2) is 0 Å². The van der Waals surface area contributed by atoms with Crippen molar-refractivity contribution < 1.29 is 14.2 Å². The molecule has 1 aromatic heterocycles. The lowest BCUT2D eigenvalue weighted by Crippen LogP contribution is -2.31. The number of benzene rings is 2. The number of hydrogen-bond donors (Lipinski definition) is 2. The topological polar surface area (TPSA) is 55.5 Å². The van der Waals surface area contributed by atoms with E-state index in [2.05, 4.69) is 34.6 Å². The van der Waals surface area contributed by atoms with Crippen LogP contribution in [0.3, 0.4) is 0 Å². The first-order valence-electron chi connectivity index (χ1n) is 8.39. The predicted molar refractivity (Wildman–Crippen MR) is 97.9 cm³/mol. The molecule has 1 aliphatic rings. The fraction of sp³-hybridized carbons (Fsp3) is 0.300. The molecule has 1 aliphatic heterocycles. The first kappa shape index (κ1) is 15.8. The van der Waals surface area contributed by atoms with Crippen LogP contribution in [0.25, 0.3) is 10.9 Å². The molecule has 1 unspecified atom stereocenters. The molecule has 2 heterocycles. The second-order valence-corrected chi connectivity index (χ2v) is 6.15. The van der Waals surface area contributed by atoms with Crippen molar-refractivity contribution in [3.8, 4) is 17.2 Å². The Hall–Kier alpha value is -2.66. The minimum absolute atomic E-state index is 0.0213. The Balaban J connectivity index is 1.92. The van der Waals surface area contributed by atoms with Crippen LogP contribution in [0.4, 0.5) is 0 Å². The molecule has 5 heteroatoms. The van der Waals surface area contributed by atoms with Gasteiger partial charge in [-0.15, -0.1) is 0 Å². The van der Waals surface area contributed by atoms with Gasteiger partial charge >= 0.3 is 0 Å². The van der Waals surface area contributed by atoms with E-state index in [4.69, 9.17) is 14.2 Å². The van der Waals surface area contributed by atoms with E-state index in [1.54, 1.807) is 21.3 Å². The van der Waals surface area contributed by atoms with Crippen molar-refractivity contribution in [2.75, 3.05) is 27.9 Å². The van der Waals surface area contributed by atoms with Crippen LogP contribution >= 0.6 is 0 Å². The average molecular weight is 338 g/mol. The third-order valence-electron chi connectivity index (χ3n) is 4.90. The average Bonchev–Trinajstić information content (AvgIpc) is 3.05. The number of aromatic nitrogens is 1. The normalized spacial score (nSPS) is 16.5. The van der Waals surface area contributed by atoms with E-state index in [9.17, 15) is 0 Å². The maximum Gasteiger partial charge on any atom is 0.131 e. The number of para-hydroxylation sites is 1. The lowest BCUT2D eigenvalue weighted by atomic mass is 9.93. The van der Waals surface area contributed by atoms with E-state index in [0.717, 1.165) is 35.5 Å². The summed E-state index contributed by atoms with van der Waals surface area (Å²) in [5.74, 6) is 2.21. The molecule has 1 atom stereocenters. The van der Waals surface area contributed by atoms with Crippen LogP contribution < -0.4 is 19.5 Å². The van der Waals surface area contributed by atoms with E-state index < -0.39 is 0 Å². The van der Waals surface area contributed by atoms with Gasteiger partial charge in [0.2, 0.25) is 0 Å². The number of hydrogen-bond acceptors (Lipinski definition) is 4. The number of methoxy groups -OCH3 is 3. The summed E-state index contributed by atoms with van der Waals surface area (Å²) in [6.07, 6.45) is 0.997. The number of aromatic amines is 1. The summed E-state index contributed by atoms with van der Waals surface area (Å²) >= 11 is 0. The standard InChI is InChI=1S/C20H22N2O3/c1-23-12-10-16(24-2)18(17(11-12)25-3)20-19-14(8-9-21-20)13-6-4-5-7-15(13)22-19/h4-7,10-11,20-22H,8-9H2,1-3H3. The third-order valence-corrected chi connectivity index (χ3v) is 4.90. The molecule has 3 aromatic rings. The lowest BCUT2D eigenvalue weighted by Gasteiger charge is -2.28. The van der Waals surface area contributed by atoms with Gasteiger partial charge in [0.1, 0.15) is 17.2 Å². The molecule has 0 amide bonds. The van der Waals surface area contributed by atoms with E-state index in [-0.39, 0.29) is 6.04 Å². The summed E-state index contributed by atoms with van der Waals surface area (Å²) in [6.45, 7) is 0.901. The summed E-state index contributed by atoms with van der Waals surface area (Å²) < 4.78 is 16.7. The zero-order valence-electron chi connectivity index (χ0n) is 14.7. The monoisotopic (exact) mass is 338 g/mol. The number of ether oxygens (including phenoxy) is 3. The van der Waals surface area contributed by atoms with Crippen molar-refractivity contribution in [3.63, 3.8) is 0 Å². The van der Waals surface area contributed by atoms with Gasteiger partial charge in [-0.05, 0) is 18.1 Å². The van der Waals surface area contributed by atoms with Crippen molar-refractivity contribution in [2.24, 2.45) is 0 Å². The molecule has 4 rings (SSSR count). The Labute approximate surface area is 146 Å². The van der Waals surface area contributed by atoms with Crippen LogP contribution in [0.1, 0.15) is 22.9 Å². The van der Waals surface area contributed by atoms with Gasteiger partial charge in [-0.2, -0.15) is 0 Å². The molecule has 5 nitrogen and oxygen atoms in total. The van der Waals surface area contributed by atoms with Crippen LogP contribution in [-0.2, 0) is 6.42 Å². The van der Waals surface area contributed by atoms with Gasteiger partial charge in [0, 0.05) is 35.3 Å². The van der Waals surface area contributed by atoms with Crippen molar-refractivity contribution >= 4 is 10.9 Å². The minimum atomic E-state index is -0.0213. The Morgan fingerprint density at radius 3 is 2.36 bits per heavy atom. The second-order valence-electron chi connectivity index (χ2n) is 6.15. The van der Waals surface area contributed by atoms with Crippen LogP contribution in [0.2, 0.25) is 0 Å². The third kappa shape index (κ3) is 2.51. The molecule has 0 saturated heterocycles. The van der Waals surface area contributed by atoms with Crippen LogP contribution in [-0.4, -0.2) is 32.9 Å². The summed E-state index contributed by atoms with van der Waals surface area (Å²) in [5, 5.41) is 4.89. The highest BCUT2D eigenvalue weighted by Gasteiger charge is 2.30. The van der Waals surface area contributed by atoms with Crippen LogP contribution in [0.5, 0.6) is 17.2 Å². The zero-order chi connectivity index (χ0) is 17.4. The van der Waals surface area contributed by atoms with Crippen molar-refractivity contribution in [1.29, 1.82) is 0 Å². The van der Waals surface area contributed by atoms with Gasteiger partial charge in [-0.3, -0.25) is 0 Å². The number of fused-ring (bicyclic) bond motifs is 3. The Bertz CT molecular complexity index is 891. The summed E-state index contributed by atoms with van der Waals surface area (Å²) in [7, 11) is 4.99. The molecule has 0 radical (unpaired) electrons. The molecular formula is C20H22N2O3. The van der Waals surface area contributed by atoms with Crippen LogP contribution in [0.15, 0.2) is 36.4 Å². The summed E-state index contributed by atoms with van der Waals surface area (Å²) in [4.78, 5) is 3.59. The second kappa shape index (κ2) is 6.33. The van der Waals surface area contributed by atoms with E-state index >= 15 is 0 Å². The van der Waals surface area contributed by atoms with E-state index in [1.165, 1.54) is 16.6 Å². The molecule has 0 bridgehead atoms. The van der Waals surface area contributed by atoms with Crippen molar-refractivity contribution in [1.82, 2.24) is 10.3 Å². The molecule has 130 valence electrons. The molecule has 0 saturated carbocycles. The van der Waals surface area contributed by atoms with Gasteiger partial charge in [0.25, 0.3) is 0 Å². The summed E-state index contributed by atoms with van der Waals surface area (Å²) in [6, 6.07) is 12.2. The van der Waals surface area contributed by atoms with Gasteiger partial charge in [0.05, 0.1) is 32.9 Å². The fourth-order valence-corrected chi connectivity index (χ4v) is 3.74. The van der Waals surface area contributed by atoms with Gasteiger partial charge in [-0.1, -0.05) is 18.2 Å². The SMILES string of the molecule is COc1cc(OC)c(C2NCCc3c2[nH]c2ccccc32)c(OC)c1. The molecule has 0 aliphatic carbocycles. The summed E-state index contributed by atoms with van der Waals surface area (Å²) in [5.41, 5.74) is 4.68. The molecule has 0 spiro atoms. The molecule has 25 heavy (non-hydrogen) atoms. The minimum Gasteiger partial charge on any atom is -0.496 e. The van der Waals surface area contributed by atoms with Gasteiger partial charge < -0.3 is 24.5 Å². The first-order valence-corrected chi connectivity index (χ1v) is 8.39. The zero-order valence-corrected chi connectivity index (χ0v) is 14.7. The number of nitrogens with one attached hydrogen (secondary N) is 2. The van der Waals surface area contributed by atoms with Crippen molar-refractivity contribution in [3.05, 3.63) is 53.2 Å². The number of rotatable bonds is 4. The number of H-pyrrole nitrogens is 1. The van der Waals surface area contributed by atoms with Gasteiger partial charge in [0.15, 0.2) is 0 Å². The maximum atomic E-state index is 5.66. The predicted octanol–water partition coefficient (Wildman–Crippen LogP) is 3.43. The first-order chi connectivity index (χ1) is 12.3. The highest BCUT2D eigenvalue weighted by atomic mass is 16.5. The molecular weight excluding hydrogens is 316 g/mol. The van der Waals surface area contributed by atoms with Crippen molar-refractivity contribution in [2.45, 2.75) is 12.5 Å². The Kier molecular flexibility index (Phi) is 4.01. The fourth-order valence-electron chi connectivity index (χ4n) is 3.74.